The molecule has 1 aliphatic rings. The van der Waals surface area contributed by atoms with Gasteiger partial charge in [-0.1, -0.05) is 49.6 Å². The van der Waals surface area contributed by atoms with E-state index in [9.17, 15) is 0 Å². The van der Waals surface area contributed by atoms with Crippen molar-refractivity contribution in [2.75, 3.05) is 0 Å². The second-order valence-corrected chi connectivity index (χ2v) is 7.33. The topological polar surface area (TPSA) is 38.8 Å². The molecule has 0 N–H and O–H groups in total. The van der Waals surface area contributed by atoms with Gasteiger partial charge < -0.3 is 10.1 Å². The number of para-hydroxylation sites is 1. The van der Waals surface area contributed by atoms with Crippen LogP contribution in [0.25, 0.3) is 10.9 Å². The SMILES string of the molecule is [Cl][Ti][Cl].c1ccc2[n-]c(N=NC3CCCCC3)cc2c1. The molecule has 0 atom stereocenters. The molecule has 1 fully saturated rings. The third-order valence-corrected chi connectivity index (χ3v) is 3.35. The number of rotatable bonds is 2. The first-order valence-electron chi connectivity index (χ1n) is 6.73. The van der Waals surface area contributed by atoms with Gasteiger partial charge >= 0.3 is 35.6 Å². The molecule has 1 aromatic heterocycles. The Labute approximate surface area is 135 Å². The minimum absolute atomic E-state index is 0.420. The molecule has 3 nitrogen and oxygen atoms in total. The summed E-state index contributed by atoms with van der Waals surface area (Å²) in [5.74, 6) is 0.747. The fraction of sp³-hybridized carbons (Fsp3) is 0.429. The number of nitrogens with zero attached hydrogens (tertiary/aromatic N) is 3. The van der Waals surface area contributed by atoms with Crippen LogP contribution in [0.1, 0.15) is 32.1 Å². The van der Waals surface area contributed by atoms with Crippen molar-refractivity contribution in [1.29, 1.82) is 0 Å². The number of hydrogen-bond acceptors (Lipinski definition) is 2. The zero-order valence-electron chi connectivity index (χ0n) is 11.1. The minimum atomic E-state index is -0.556. The summed E-state index contributed by atoms with van der Waals surface area (Å²) >= 11 is -0.556. The van der Waals surface area contributed by atoms with Gasteiger partial charge in [-0.2, -0.15) is 0 Å². The average molecular weight is 345 g/mol. The number of fused-ring (bicyclic) bond motifs is 1. The van der Waals surface area contributed by atoms with Crippen molar-refractivity contribution < 1.29 is 17.0 Å². The minimum Gasteiger partial charge on any atom is -0.435 e. The summed E-state index contributed by atoms with van der Waals surface area (Å²) in [6, 6.07) is 10.5. The van der Waals surface area contributed by atoms with Crippen LogP contribution in [0.2, 0.25) is 0 Å². The van der Waals surface area contributed by atoms with Gasteiger partial charge in [-0.3, -0.25) is 5.11 Å². The third kappa shape index (κ3) is 4.89. The summed E-state index contributed by atoms with van der Waals surface area (Å²) < 4.78 is 0. The normalized spacial score (nSPS) is 16.1. The van der Waals surface area contributed by atoms with Gasteiger partial charge in [0.15, 0.2) is 0 Å². The maximum atomic E-state index is 4.89. The van der Waals surface area contributed by atoms with E-state index in [0.717, 1.165) is 16.7 Å². The molecule has 0 aliphatic heterocycles. The van der Waals surface area contributed by atoms with Gasteiger partial charge in [-0.05, 0) is 29.6 Å². The zero-order valence-corrected chi connectivity index (χ0v) is 14.2. The van der Waals surface area contributed by atoms with Gasteiger partial charge in [0.25, 0.3) is 0 Å². The van der Waals surface area contributed by atoms with Crippen molar-refractivity contribution >= 4 is 35.3 Å². The summed E-state index contributed by atoms with van der Waals surface area (Å²) in [6.45, 7) is 0. The molecule has 0 amide bonds. The van der Waals surface area contributed by atoms with E-state index in [1.807, 2.05) is 24.3 Å². The molecule has 6 heteroatoms. The maximum absolute atomic E-state index is 4.89. The molecule has 1 aromatic carbocycles. The zero-order chi connectivity index (χ0) is 14.2. The first-order valence-corrected chi connectivity index (χ1v) is 11.0. The predicted octanol–water partition coefficient (Wildman–Crippen LogP) is 5.59. The van der Waals surface area contributed by atoms with Crippen molar-refractivity contribution in [1.82, 2.24) is 4.98 Å². The van der Waals surface area contributed by atoms with Gasteiger partial charge in [0.1, 0.15) is 0 Å². The molecule has 2 aromatic rings. The predicted molar refractivity (Wildman–Crippen MR) is 80.4 cm³/mol. The van der Waals surface area contributed by atoms with E-state index in [2.05, 4.69) is 21.3 Å². The van der Waals surface area contributed by atoms with Crippen LogP contribution in [-0.2, 0) is 17.0 Å². The summed E-state index contributed by atoms with van der Waals surface area (Å²) in [7, 11) is 9.78. The van der Waals surface area contributed by atoms with E-state index < -0.39 is 17.0 Å². The number of hydrogen-bond donors (Lipinski definition) is 0. The van der Waals surface area contributed by atoms with Crippen LogP contribution in [0.5, 0.6) is 0 Å². The first kappa shape index (κ1) is 16.0. The molecule has 1 heterocycles. The Kier molecular flexibility index (Phi) is 7.08. The molecule has 0 radical (unpaired) electrons. The monoisotopic (exact) mass is 344 g/mol. The van der Waals surface area contributed by atoms with Crippen LogP contribution in [0.15, 0.2) is 40.6 Å². The van der Waals surface area contributed by atoms with Crippen molar-refractivity contribution in [3.63, 3.8) is 0 Å². The second-order valence-electron chi connectivity index (χ2n) is 4.75. The average Bonchev–Trinajstić information content (AvgIpc) is 2.90. The van der Waals surface area contributed by atoms with Crippen LogP contribution < -0.4 is 4.98 Å². The first-order chi connectivity index (χ1) is 9.83. The Morgan fingerprint density at radius 1 is 1.10 bits per heavy atom. The van der Waals surface area contributed by atoms with Gasteiger partial charge in [-0.15, -0.1) is 0 Å². The quantitative estimate of drug-likeness (QED) is 0.517. The summed E-state index contributed by atoms with van der Waals surface area (Å²) in [4.78, 5) is 4.44. The van der Waals surface area contributed by atoms with E-state index >= 15 is 0 Å². The van der Waals surface area contributed by atoms with Gasteiger partial charge in [0.05, 0.1) is 0 Å². The Balaban J connectivity index is 0.000000452. The molecular formula is C14H16Cl2N3Ti-. The smallest absolute Gasteiger partial charge is 0.0490 e. The Bertz CT molecular complexity index is 517. The fourth-order valence-corrected chi connectivity index (χ4v) is 2.39. The van der Waals surface area contributed by atoms with Crippen LogP contribution >= 0.6 is 18.6 Å². The summed E-state index contributed by atoms with van der Waals surface area (Å²) in [6.07, 6.45) is 6.30. The summed E-state index contributed by atoms with van der Waals surface area (Å²) in [5, 5.41) is 9.84. The largest absolute Gasteiger partial charge is 0.435 e. The maximum Gasteiger partial charge on any atom is 0.0490 e. The van der Waals surface area contributed by atoms with E-state index in [1.54, 1.807) is 0 Å². The molecule has 0 spiro atoms. The number of azo groups is 1. The number of aromatic nitrogens is 1. The Morgan fingerprint density at radius 3 is 2.50 bits per heavy atom. The molecule has 106 valence electrons. The number of halogens is 2. The van der Waals surface area contributed by atoms with Crippen molar-refractivity contribution in [3.05, 3.63) is 30.3 Å². The van der Waals surface area contributed by atoms with E-state index in [1.165, 1.54) is 32.1 Å². The van der Waals surface area contributed by atoms with Crippen molar-refractivity contribution in [2.45, 2.75) is 38.1 Å². The van der Waals surface area contributed by atoms with E-state index in [-0.39, 0.29) is 0 Å². The molecule has 20 heavy (non-hydrogen) atoms. The van der Waals surface area contributed by atoms with Crippen LogP contribution in [0.3, 0.4) is 0 Å². The molecule has 1 saturated carbocycles. The third-order valence-electron chi connectivity index (χ3n) is 3.35. The Hall–Kier alpha value is -0.346. The van der Waals surface area contributed by atoms with E-state index in [0.29, 0.717) is 6.04 Å². The molecular weight excluding hydrogens is 329 g/mol. The van der Waals surface area contributed by atoms with Crippen molar-refractivity contribution in [2.24, 2.45) is 10.2 Å². The summed E-state index contributed by atoms with van der Waals surface area (Å²) in [5.41, 5.74) is 1.00. The Morgan fingerprint density at radius 2 is 1.80 bits per heavy atom. The molecule has 0 unspecified atom stereocenters. The van der Waals surface area contributed by atoms with E-state index in [4.69, 9.17) is 18.6 Å². The van der Waals surface area contributed by atoms with Crippen LogP contribution in [0, 0.1) is 0 Å². The van der Waals surface area contributed by atoms with Crippen molar-refractivity contribution in [3.8, 4) is 0 Å². The second kappa shape index (κ2) is 8.83. The molecule has 3 rings (SSSR count). The molecule has 0 saturated heterocycles. The number of benzene rings is 1. The molecule has 1 aliphatic carbocycles. The van der Waals surface area contributed by atoms with Gasteiger partial charge in [0, 0.05) is 6.04 Å². The van der Waals surface area contributed by atoms with Gasteiger partial charge in [0.2, 0.25) is 0 Å². The molecule has 0 bridgehead atoms. The van der Waals surface area contributed by atoms with Crippen LogP contribution in [0.4, 0.5) is 5.82 Å². The standard InChI is InChI=1S/C14H16N3.2ClH.Ti/c1-2-7-12(8-3-1)16-17-14-10-11-6-4-5-9-13(11)15-14;;;/h4-6,9-10,12H,1-3,7-8H2;2*1H;/q-1;;;+2/p-2. The fourth-order valence-electron chi connectivity index (χ4n) is 2.39. The van der Waals surface area contributed by atoms with Gasteiger partial charge in [-0.25, -0.2) is 0 Å². The van der Waals surface area contributed by atoms with Crippen LogP contribution in [-0.4, -0.2) is 6.04 Å².